The van der Waals surface area contributed by atoms with Crippen molar-refractivity contribution in [3.63, 3.8) is 0 Å². The van der Waals surface area contributed by atoms with Gasteiger partial charge in [-0.25, -0.2) is 0 Å². The first-order valence-corrected chi connectivity index (χ1v) is 8.50. The molecule has 2 aromatic carbocycles. The van der Waals surface area contributed by atoms with E-state index in [1.54, 1.807) is 24.3 Å². The number of thiocarbonyl (C=S) groups is 1. The molecule has 0 radical (unpaired) electrons. The summed E-state index contributed by atoms with van der Waals surface area (Å²) in [7, 11) is 0. The van der Waals surface area contributed by atoms with Crippen molar-refractivity contribution in [3.05, 3.63) is 71.8 Å². The van der Waals surface area contributed by atoms with Crippen molar-refractivity contribution >= 4 is 23.2 Å². The van der Waals surface area contributed by atoms with E-state index in [1.807, 2.05) is 57.2 Å². The molecule has 0 spiro atoms. The van der Waals surface area contributed by atoms with Crippen LogP contribution in [-0.2, 0) is 4.74 Å². The van der Waals surface area contributed by atoms with E-state index in [1.165, 1.54) is 0 Å². The highest BCUT2D eigenvalue weighted by molar-refractivity contribution is 7.80. The Morgan fingerprint density at radius 2 is 1.56 bits per heavy atom. The minimum Gasteiger partial charge on any atom is -0.479 e. The van der Waals surface area contributed by atoms with E-state index in [4.69, 9.17) is 17.0 Å². The standard InChI is InChI=1S/C20H23NO3S/c1-20(2,3)24-19(25)17(22)16(14-10-6-4-7-11-14)21-18(23)15-12-8-5-9-13-15/h4-13,16-17,22H,1-3H3,(H,21,23)/t16-,17+/m1/s1. The van der Waals surface area contributed by atoms with Crippen LogP contribution in [0, 0.1) is 0 Å². The van der Waals surface area contributed by atoms with Gasteiger partial charge < -0.3 is 15.2 Å². The van der Waals surface area contributed by atoms with Crippen molar-refractivity contribution in [3.8, 4) is 0 Å². The summed E-state index contributed by atoms with van der Waals surface area (Å²) < 4.78 is 5.62. The molecule has 132 valence electrons. The maximum Gasteiger partial charge on any atom is 0.251 e. The molecule has 25 heavy (non-hydrogen) atoms. The first-order valence-electron chi connectivity index (χ1n) is 8.10. The first kappa shape index (κ1) is 19.1. The van der Waals surface area contributed by atoms with Gasteiger partial charge >= 0.3 is 0 Å². The van der Waals surface area contributed by atoms with Gasteiger partial charge in [-0.15, -0.1) is 0 Å². The third-order valence-electron chi connectivity index (χ3n) is 3.45. The molecular formula is C20H23NO3S. The molecule has 2 aromatic rings. The summed E-state index contributed by atoms with van der Waals surface area (Å²) in [4.78, 5) is 12.5. The Hall–Kier alpha value is -2.24. The van der Waals surface area contributed by atoms with Crippen LogP contribution in [0.1, 0.15) is 42.7 Å². The Bertz CT molecular complexity index is 711. The molecule has 5 heteroatoms. The molecule has 0 aliphatic heterocycles. The Morgan fingerprint density at radius 1 is 1.04 bits per heavy atom. The van der Waals surface area contributed by atoms with Crippen LogP contribution in [0.2, 0.25) is 0 Å². The van der Waals surface area contributed by atoms with Gasteiger partial charge in [-0.2, -0.15) is 0 Å². The van der Waals surface area contributed by atoms with Crippen molar-refractivity contribution < 1.29 is 14.6 Å². The normalized spacial score (nSPS) is 13.6. The van der Waals surface area contributed by atoms with Crippen molar-refractivity contribution in [2.24, 2.45) is 0 Å². The van der Waals surface area contributed by atoms with E-state index in [0.29, 0.717) is 5.56 Å². The van der Waals surface area contributed by atoms with Gasteiger partial charge in [-0.3, -0.25) is 4.79 Å². The highest BCUT2D eigenvalue weighted by Gasteiger charge is 2.30. The van der Waals surface area contributed by atoms with Gasteiger partial charge in [0, 0.05) is 5.56 Å². The van der Waals surface area contributed by atoms with Crippen LogP contribution in [0.5, 0.6) is 0 Å². The van der Waals surface area contributed by atoms with Gasteiger partial charge in [0.15, 0.2) is 5.05 Å². The second-order valence-electron chi connectivity index (χ2n) is 6.71. The summed E-state index contributed by atoms with van der Waals surface area (Å²) in [5.74, 6) is -0.285. The van der Waals surface area contributed by atoms with Crippen LogP contribution in [-0.4, -0.2) is 27.8 Å². The van der Waals surface area contributed by atoms with Crippen molar-refractivity contribution in [2.75, 3.05) is 0 Å². The molecule has 1 amide bonds. The molecule has 2 atom stereocenters. The van der Waals surface area contributed by atoms with E-state index in [2.05, 4.69) is 5.32 Å². The lowest BCUT2D eigenvalue weighted by atomic mass is 10.0. The summed E-state index contributed by atoms with van der Waals surface area (Å²) in [6, 6.07) is 17.4. The fourth-order valence-corrected chi connectivity index (χ4v) is 2.70. The maximum absolute atomic E-state index is 12.5. The number of carbonyl (C=O) groups excluding carboxylic acids is 1. The Balaban J connectivity index is 2.25. The number of carbonyl (C=O) groups is 1. The van der Waals surface area contributed by atoms with E-state index in [-0.39, 0.29) is 11.0 Å². The SMILES string of the molecule is CC(C)(C)OC(=S)[C@@H](O)[C@H](NC(=O)c1ccccc1)c1ccccc1. The Kier molecular flexibility index (Phi) is 6.28. The molecule has 0 heterocycles. The van der Waals surface area contributed by atoms with Crippen LogP contribution >= 0.6 is 12.2 Å². The van der Waals surface area contributed by atoms with Gasteiger partial charge in [0.05, 0.1) is 6.04 Å². The number of rotatable bonds is 5. The van der Waals surface area contributed by atoms with Gasteiger partial charge in [-0.1, -0.05) is 48.5 Å². The predicted molar refractivity (Wildman–Crippen MR) is 103 cm³/mol. The lowest BCUT2D eigenvalue weighted by Crippen LogP contribution is -2.42. The molecule has 0 saturated heterocycles. The number of benzene rings is 2. The quantitative estimate of drug-likeness (QED) is 0.802. The zero-order valence-corrected chi connectivity index (χ0v) is 15.4. The first-order chi connectivity index (χ1) is 11.8. The molecule has 0 unspecified atom stereocenters. The number of amides is 1. The summed E-state index contributed by atoms with van der Waals surface area (Å²) in [6.07, 6.45) is -1.15. The molecule has 0 bridgehead atoms. The molecular weight excluding hydrogens is 334 g/mol. The summed E-state index contributed by atoms with van der Waals surface area (Å²) >= 11 is 5.25. The number of aliphatic hydroxyl groups excluding tert-OH is 1. The molecule has 2 N–H and O–H groups in total. The van der Waals surface area contributed by atoms with Crippen LogP contribution in [0.3, 0.4) is 0 Å². The molecule has 0 fully saturated rings. The number of nitrogens with one attached hydrogen (secondary N) is 1. The predicted octanol–water partition coefficient (Wildman–Crippen LogP) is 3.66. The summed E-state index contributed by atoms with van der Waals surface area (Å²) in [5.41, 5.74) is 0.736. The number of ether oxygens (including phenoxy) is 1. The van der Waals surface area contributed by atoms with E-state index in [9.17, 15) is 9.90 Å². The summed E-state index contributed by atoms with van der Waals surface area (Å²) in [5, 5.41) is 13.6. The second kappa shape index (κ2) is 8.23. The zero-order chi connectivity index (χ0) is 18.4. The maximum atomic E-state index is 12.5. The molecule has 2 rings (SSSR count). The zero-order valence-electron chi connectivity index (χ0n) is 14.6. The average molecular weight is 357 g/mol. The number of hydrogen-bond acceptors (Lipinski definition) is 4. The van der Waals surface area contributed by atoms with Crippen molar-refractivity contribution in [1.82, 2.24) is 5.32 Å². The third kappa shape index (κ3) is 5.66. The fourth-order valence-electron chi connectivity index (χ4n) is 2.32. The topological polar surface area (TPSA) is 58.6 Å². The molecule has 4 nitrogen and oxygen atoms in total. The van der Waals surface area contributed by atoms with Crippen molar-refractivity contribution in [1.29, 1.82) is 0 Å². The van der Waals surface area contributed by atoms with E-state index in [0.717, 1.165) is 5.56 Å². The molecule has 0 saturated carbocycles. The molecule has 0 aromatic heterocycles. The monoisotopic (exact) mass is 357 g/mol. The second-order valence-corrected chi connectivity index (χ2v) is 7.11. The number of aliphatic hydroxyl groups is 1. The lowest BCUT2D eigenvalue weighted by molar-refractivity contribution is 0.0741. The smallest absolute Gasteiger partial charge is 0.251 e. The Morgan fingerprint density at radius 3 is 2.08 bits per heavy atom. The highest BCUT2D eigenvalue weighted by Crippen LogP contribution is 2.21. The van der Waals surface area contributed by atoms with Gasteiger partial charge in [0.25, 0.3) is 5.91 Å². The van der Waals surface area contributed by atoms with Gasteiger partial charge in [0.2, 0.25) is 0 Å². The van der Waals surface area contributed by atoms with Crippen LogP contribution < -0.4 is 5.32 Å². The van der Waals surface area contributed by atoms with Crippen molar-refractivity contribution in [2.45, 2.75) is 38.5 Å². The van der Waals surface area contributed by atoms with Gasteiger partial charge in [-0.05, 0) is 50.7 Å². The fraction of sp³-hybridized carbons (Fsp3) is 0.300. The highest BCUT2D eigenvalue weighted by atomic mass is 32.1. The van der Waals surface area contributed by atoms with E-state index < -0.39 is 17.7 Å². The average Bonchev–Trinajstić information content (AvgIpc) is 2.59. The lowest BCUT2D eigenvalue weighted by Gasteiger charge is -2.29. The largest absolute Gasteiger partial charge is 0.479 e. The van der Waals surface area contributed by atoms with Crippen LogP contribution in [0.4, 0.5) is 0 Å². The van der Waals surface area contributed by atoms with E-state index >= 15 is 0 Å². The van der Waals surface area contributed by atoms with Gasteiger partial charge in [0.1, 0.15) is 11.7 Å². The molecule has 0 aliphatic carbocycles. The number of hydrogen-bond donors (Lipinski definition) is 2. The van der Waals surface area contributed by atoms with Crippen LogP contribution in [0.25, 0.3) is 0 Å². The minimum absolute atomic E-state index is 0.0507. The Labute approximate surface area is 153 Å². The third-order valence-corrected chi connectivity index (χ3v) is 3.77. The molecule has 0 aliphatic rings. The van der Waals surface area contributed by atoms with Crippen LogP contribution in [0.15, 0.2) is 60.7 Å². The summed E-state index contributed by atoms with van der Waals surface area (Å²) in [6.45, 7) is 5.56. The minimum atomic E-state index is -1.15.